The van der Waals surface area contributed by atoms with Crippen molar-refractivity contribution in [2.75, 3.05) is 19.8 Å². The van der Waals surface area contributed by atoms with Gasteiger partial charge in [0, 0.05) is 12.6 Å². The van der Waals surface area contributed by atoms with Crippen LogP contribution in [0.2, 0.25) is 0 Å². The van der Waals surface area contributed by atoms with Crippen LogP contribution in [0.25, 0.3) is 0 Å². The Morgan fingerprint density at radius 2 is 2.06 bits per heavy atom. The van der Waals surface area contributed by atoms with Crippen molar-refractivity contribution in [3.63, 3.8) is 0 Å². The van der Waals surface area contributed by atoms with E-state index in [9.17, 15) is 8.78 Å². The molecule has 0 aliphatic rings. The number of rotatable bonds is 11. The Hall–Kier alpha value is -0.480. The molecule has 1 unspecified atom stereocenters. The van der Waals surface area contributed by atoms with E-state index in [-0.39, 0.29) is 0 Å². The molecular formula is C13H25F2NO. The van der Waals surface area contributed by atoms with Gasteiger partial charge in [-0.2, -0.15) is 0 Å². The topological polar surface area (TPSA) is 21.3 Å². The highest BCUT2D eigenvalue weighted by Crippen LogP contribution is 2.08. The first-order chi connectivity index (χ1) is 8.06. The van der Waals surface area contributed by atoms with Crippen molar-refractivity contribution in [3.05, 3.63) is 12.2 Å². The SMILES string of the molecule is C=C(C)CCC(CCOCC(F)F)NCCC. The maximum Gasteiger partial charge on any atom is 0.261 e. The number of alkyl halides is 2. The molecule has 0 spiro atoms. The van der Waals surface area contributed by atoms with Gasteiger partial charge in [0.15, 0.2) is 0 Å². The molecule has 0 saturated carbocycles. The minimum absolute atomic E-state index is 0.337. The lowest BCUT2D eigenvalue weighted by atomic mass is 10.1. The van der Waals surface area contributed by atoms with Gasteiger partial charge >= 0.3 is 0 Å². The zero-order chi connectivity index (χ0) is 13.1. The molecule has 0 fully saturated rings. The number of hydrogen-bond acceptors (Lipinski definition) is 2. The van der Waals surface area contributed by atoms with Crippen LogP contribution in [0, 0.1) is 0 Å². The Morgan fingerprint density at radius 1 is 1.35 bits per heavy atom. The van der Waals surface area contributed by atoms with Gasteiger partial charge in [0.2, 0.25) is 0 Å². The third kappa shape index (κ3) is 11.8. The summed E-state index contributed by atoms with van der Waals surface area (Å²) in [5.74, 6) is 0. The molecule has 17 heavy (non-hydrogen) atoms. The zero-order valence-corrected chi connectivity index (χ0v) is 11.0. The van der Waals surface area contributed by atoms with Gasteiger partial charge in [-0.05, 0) is 39.2 Å². The lowest BCUT2D eigenvalue weighted by molar-refractivity contribution is 0.0142. The fraction of sp³-hybridized carbons (Fsp3) is 0.846. The molecule has 0 aromatic rings. The van der Waals surface area contributed by atoms with Crippen molar-refractivity contribution in [1.82, 2.24) is 5.32 Å². The second kappa shape index (κ2) is 10.7. The van der Waals surface area contributed by atoms with Gasteiger partial charge < -0.3 is 10.1 Å². The van der Waals surface area contributed by atoms with Gasteiger partial charge in [0.25, 0.3) is 6.43 Å². The highest BCUT2D eigenvalue weighted by molar-refractivity contribution is 4.89. The molecule has 0 aliphatic carbocycles. The van der Waals surface area contributed by atoms with Crippen LogP contribution in [0.1, 0.15) is 39.5 Å². The Morgan fingerprint density at radius 3 is 2.59 bits per heavy atom. The number of hydrogen-bond donors (Lipinski definition) is 1. The van der Waals surface area contributed by atoms with E-state index in [1.165, 1.54) is 0 Å². The van der Waals surface area contributed by atoms with Crippen molar-refractivity contribution in [1.29, 1.82) is 0 Å². The van der Waals surface area contributed by atoms with Crippen molar-refractivity contribution in [2.45, 2.75) is 52.0 Å². The molecule has 0 saturated heterocycles. The largest absolute Gasteiger partial charge is 0.375 e. The number of nitrogens with one attached hydrogen (secondary N) is 1. The zero-order valence-electron chi connectivity index (χ0n) is 11.0. The van der Waals surface area contributed by atoms with Crippen molar-refractivity contribution >= 4 is 0 Å². The second-order valence-electron chi connectivity index (χ2n) is 4.40. The number of halogens is 2. The lowest BCUT2D eigenvalue weighted by Gasteiger charge is -2.18. The third-order valence-electron chi connectivity index (χ3n) is 2.46. The van der Waals surface area contributed by atoms with Crippen molar-refractivity contribution < 1.29 is 13.5 Å². The summed E-state index contributed by atoms with van der Waals surface area (Å²) in [6.07, 6.45) is 1.44. The van der Waals surface area contributed by atoms with E-state index in [2.05, 4.69) is 18.8 Å². The molecule has 1 atom stereocenters. The van der Waals surface area contributed by atoms with Gasteiger partial charge in [0.1, 0.15) is 6.61 Å². The third-order valence-corrected chi connectivity index (χ3v) is 2.46. The summed E-state index contributed by atoms with van der Waals surface area (Å²) in [6, 6.07) is 0.337. The summed E-state index contributed by atoms with van der Waals surface area (Å²) >= 11 is 0. The molecule has 0 radical (unpaired) electrons. The smallest absolute Gasteiger partial charge is 0.261 e. The van der Waals surface area contributed by atoms with Gasteiger partial charge in [-0.25, -0.2) is 8.78 Å². The minimum Gasteiger partial charge on any atom is -0.375 e. The van der Waals surface area contributed by atoms with Crippen LogP contribution in [-0.4, -0.2) is 32.2 Å². The molecule has 0 rings (SSSR count). The summed E-state index contributed by atoms with van der Waals surface area (Å²) in [5, 5.41) is 3.40. The van der Waals surface area contributed by atoms with Gasteiger partial charge in [-0.1, -0.05) is 12.5 Å². The number of ether oxygens (including phenoxy) is 1. The number of allylic oxidation sites excluding steroid dienone is 1. The predicted molar refractivity (Wildman–Crippen MR) is 67.6 cm³/mol. The van der Waals surface area contributed by atoms with Crippen molar-refractivity contribution in [2.24, 2.45) is 0 Å². The molecule has 0 amide bonds. The second-order valence-corrected chi connectivity index (χ2v) is 4.40. The van der Waals surface area contributed by atoms with E-state index in [1.807, 2.05) is 6.92 Å². The monoisotopic (exact) mass is 249 g/mol. The molecule has 1 N–H and O–H groups in total. The summed E-state index contributed by atoms with van der Waals surface area (Å²) in [5.41, 5.74) is 1.15. The maximum absolute atomic E-state index is 11.9. The van der Waals surface area contributed by atoms with Crippen molar-refractivity contribution in [3.8, 4) is 0 Å². The molecule has 0 bridgehead atoms. The summed E-state index contributed by atoms with van der Waals surface area (Å²) in [6.45, 7) is 8.87. The first kappa shape index (κ1) is 16.5. The summed E-state index contributed by atoms with van der Waals surface area (Å²) < 4.78 is 28.6. The fourth-order valence-electron chi connectivity index (χ4n) is 1.52. The molecule has 2 nitrogen and oxygen atoms in total. The quantitative estimate of drug-likeness (QED) is 0.448. The van der Waals surface area contributed by atoms with Gasteiger partial charge in [0.05, 0.1) is 0 Å². The van der Waals surface area contributed by atoms with Crippen LogP contribution < -0.4 is 5.32 Å². The molecule has 0 heterocycles. The average Bonchev–Trinajstić information content (AvgIpc) is 2.26. The molecule has 102 valence electrons. The normalized spacial score (nSPS) is 13.0. The first-order valence-electron chi connectivity index (χ1n) is 6.29. The standard InChI is InChI=1S/C13H25F2NO/c1-4-8-16-12(6-5-11(2)3)7-9-17-10-13(14)15/h12-13,16H,2,4-10H2,1,3H3. The summed E-state index contributed by atoms with van der Waals surface area (Å²) in [4.78, 5) is 0. The Balaban J connectivity index is 3.72. The fourth-order valence-corrected chi connectivity index (χ4v) is 1.52. The van der Waals surface area contributed by atoms with Crippen LogP contribution in [0.4, 0.5) is 8.78 Å². The average molecular weight is 249 g/mol. The van der Waals surface area contributed by atoms with E-state index in [1.54, 1.807) is 0 Å². The highest BCUT2D eigenvalue weighted by Gasteiger charge is 2.08. The van der Waals surface area contributed by atoms with Gasteiger partial charge in [-0.3, -0.25) is 0 Å². The summed E-state index contributed by atoms with van der Waals surface area (Å²) in [7, 11) is 0. The Bertz CT molecular complexity index is 198. The minimum atomic E-state index is -2.37. The van der Waals surface area contributed by atoms with Crippen LogP contribution in [0.3, 0.4) is 0 Å². The van der Waals surface area contributed by atoms with E-state index in [4.69, 9.17) is 4.74 Å². The van der Waals surface area contributed by atoms with E-state index in [0.29, 0.717) is 12.6 Å². The molecular weight excluding hydrogens is 224 g/mol. The van der Waals surface area contributed by atoms with E-state index >= 15 is 0 Å². The lowest BCUT2D eigenvalue weighted by Crippen LogP contribution is -2.31. The van der Waals surface area contributed by atoms with Crippen LogP contribution in [0.5, 0.6) is 0 Å². The molecule has 4 heteroatoms. The van der Waals surface area contributed by atoms with Crippen LogP contribution in [0.15, 0.2) is 12.2 Å². The molecule has 0 aromatic heterocycles. The first-order valence-corrected chi connectivity index (χ1v) is 6.29. The van der Waals surface area contributed by atoms with Crippen LogP contribution in [-0.2, 0) is 4.74 Å². The maximum atomic E-state index is 11.9. The molecule has 0 aliphatic heterocycles. The van der Waals surface area contributed by atoms with Gasteiger partial charge in [-0.15, -0.1) is 6.58 Å². The molecule has 0 aromatic carbocycles. The van der Waals surface area contributed by atoms with E-state index < -0.39 is 13.0 Å². The van der Waals surface area contributed by atoms with Crippen LogP contribution >= 0.6 is 0 Å². The Labute approximate surface area is 103 Å². The highest BCUT2D eigenvalue weighted by atomic mass is 19.3. The Kier molecular flexibility index (Phi) is 10.4. The predicted octanol–water partition coefficient (Wildman–Crippen LogP) is 3.38. The van der Waals surface area contributed by atoms with E-state index in [0.717, 1.165) is 37.8 Å².